The van der Waals surface area contributed by atoms with Crippen LogP contribution in [-0.2, 0) is 9.47 Å². The second kappa shape index (κ2) is 5.34. The van der Waals surface area contributed by atoms with Crippen LogP contribution in [0.4, 0.5) is 0 Å². The Hall–Kier alpha value is -0.340. The van der Waals surface area contributed by atoms with Crippen LogP contribution in [0.5, 0.6) is 0 Å². The first-order valence-corrected chi connectivity index (χ1v) is 9.77. The van der Waals surface area contributed by atoms with Gasteiger partial charge in [0.05, 0.1) is 25.9 Å². The first-order valence-electron chi connectivity index (χ1n) is 9.77. The van der Waals surface area contributed by atoms with Gasteiger partial charge in [-0.05, 0) is 75.0 Å². The van der Waals surface area contributed by atoms with Gasteiger partial charge in [-0.25, -0.2) is 0 Å². The Labute approximate surface area is 134 Å². The summed E-state index contributed by atoms with van der Waals surface area (Å²) in [5.41, 5.74) is 2.21. The number of rotatable bonds is 0. The van der Waals surface area contributed by atoms with Crippen LogP contribution in [0.25, 0.3) is 0 Å². The molecule has 0 bridgehead atoms. The van der Waals surface area contributed by atoms with E-state index in [0.29, 0.717) is 11.5 Å². The molecule has 122 valence electrons. The van der Waals surface area contributed by atoms with E-state index in [0.717, 1.165) is 43.5 Å². The third-order valence-electron chi connectivity index (χ3n) is 7.92. The molecule has 3 saturated carbocycles. The maximum atomic E-state index is 6.23. The zero-order chi connectivity index (χ0) is 14.6. The number of hydrogen-bond acceptors (Lipinski definition) is 2. The van der Waals surface area contributed by atoms with E-state index in [1.165, 1.54) is 57.8 Å². The Morgan fingerprint density at radius 3 is 3.00 bits per heavy atom. The maximum absolute atomic E-state index is 6.23. The summed E-state index contributed by atoms with van der Waals surface area (Å²) in [7, 11) is 0. The van der Waals surface area contributed by atoms with Crippen LogP contribution in [-0.4, -0.2) is 25.9 Å². The van der Waals surface area contributed by atoms with Crippen molar-refractivity contribution in [3.8, 4) is 0 Å². The fourth-order valence-corrected chi connectivity index (χ4v) is 7.04. The number of ether oxygens (including phenoxy) is 2. The molecule has 1 heterocycles. The van der Waals surface area contributed by atoms with E-state index >= 15 is 0 Å². The van der Waals surface area contributed by atoms with Crippen LogP contribution in [0, 0.1) is 29.1 Å². The second-order valence-corrected chi connectivity index (χ2v) is 8.56. The monoisotopic (exact) mass is 302 g/mol. The van der Waals surface area contributed by atoms with Gasteiger partial charge in [-0.2, -0.15) is 0 Å². The smallest absolute Gasteiger partial charge is 0.0704 e. The minimum absolute atomic E-state index is 0.373. The molecule has 0 radical (unpaired) electrons. The van der Waals surface area contributed by atoms with E-state index in [2.05, 4.69) is 6.08 Å². The number of fused-ring (bicyclic) bond motifs is 4. The average molecular weight is 302 g/mol. The van der Waals surface area contributed by atoms with Gasteiger partial charge in [0.25, 0.3) is 0 Å². The van der Waals surface area contributed by atoms with Crippen LogP contribution >= 0.6 is 0 Å². The molecule has 0 aromatic rings. The summed E-state index contributed by atoms with van der Waals surface area (Å²) in [5, 5.41) is 0. The van der Waals surface area contributed by atoms with Crippen molar-refractivity contribution in [2.75, 3.05) is 19.8 Å². The Morgan fingerprint density at radius 1 is 1.00 bits per heavy atom. The van der Waals surface area contributed by atoms with Gasteiger partial charge >= 0.3 is 0 Å². The summed E-state index contributed by atoms with van der Waals surface area (Å²) in [6.07, 6.45) is 15.8. The van der Waals surface area contributed by atoms with Crippen molar-refractivity contribution >= 4 is 0 Å². The molecule has 1 aliphatic heterocycles. The molecule has 2 heteroatoms. The fourth-order valence-electron chi connectivity index (χ4n) is 7.04. The molecule has 4 fully saturated rings. The quantitative estimate of drug-likeness (QED) is 0.620. The van der Waals surface area contributed by atoms with Crippen LogP contribution in [0.2, 0.25) is 0 Å². The van der Waals surface area contributed by atoms with Crippen LogP contribution in [0.3, 0.4) is 0 Å². The van der Waals surface area contributed by atoms with E-state index in [1.54, 1.807) is 0 Å². The van der Waals surface area contributed by atoms with E-state index in [1.807, 2.05) is 5.57 Å². The lowest BCUT2D eigenvalue weighted by atomic mass is 9.52. The van der Waals surface area contributed by atoms with Gasteiger partial charge in [0.1, 0.15) is 0 Å². The third kappa shape index (κ3) is 1.92. The Bertz CT molecular complexity index is 470. The standard InChI is InChI=1S/C20H30O2/c1-2-4-15-14(3-1)5-6-17-16(15)9-10-20-13-21-11-12-22-19(20)8-7-18(17)20/h5,15-19H,1-4,6-13H2/t15-,16+,17+,18-,19?,20+/m0/s1. The van der Waals surface area contributed by atoms with Gasteiger partial charge in [-0.15, -0.1) is 0 Å². The van der Waals surface area contributed by atoms with Crippen LogP contribution < -0.4 is 0 Å². The van der Waals surface area contributed by atoms with E-state index < -0.39 is 0 Å². The van der Waals surface area contributed by atoms with Crippen molar-refractivity contribution in [2.24, 2.45) is 29.1 Å². The summed E-state index contributed by atoms with van der Waals surface area (Å²) in [5.74, 6) is 3.72. The van der Waals surface area contributed by atoms with E-state index in [9.17, 15) is 0 Å². The third-order valence-corrected chi connectivity index (χ3v) is 7.92. The summed E-state index contributed by atoms with van der Waals surface area (Å²) >= 11 is 0. The van der Waals surface area contributed by atoms with Crippen molar-refractivity contribution in [1.82, 2.24) is 0 Å². The lowest BCUT2D eigenvalue weighted by Crippen LogP contribution is -2.50. The normalized spacial score (nSPS) is 50.9. The molecule has 4 aliphatic carbocycles. The second-order valence-electron chi connectivity index (χ2n) is 8.56. The summed E-state index contributed by atoms with van der Waals surface area (Å²) in [6.45, 7) is 2.61. The highest BCUT2D eigenvalue weighted by Gasteiger charge is 2.59. The molecule has 0 aromatic carbocycles. The largest absolute Gasteiger partial charge is 0.378 e. The van der Waals surface area contributed by atoms with Crippen molar-refractivity contribution in [2.45, 2.75) is 63.9 Å². The van der Waals surface area contributed by atoms with Crippen LogP contribution in [0.15, 0.2) is 11.6 Å². The van der Waals surface area contributed by atoms with Gasteiger partial charge in [0, 0.05) is 5.41 Å². The van der Waals surface area contributed by atoms with E-state index in [4.69, 9.17) is 9.47 Å². The number of hydrogen-bond donors (Lipinski definition) is 0. The molecule has 0 amide bonds. The Morgan fingerprint density at radius 2 is 2.00 bits per heavy atom. The van der Waals surface area contributed by atoms with Crippen molar-refractivity contribution in [1.29, 1.82) is 0 Å². The minimum atomic E-state index is 0.373. The molecule has 5 rings (SSSR count). The van der Waals surface area contributed by atoms with Gasteiger partial charge in [0.2, 0.25) is 0 Å². The molecule has 2 nitrogen and oxygen atoms in total. The molecular formula is C20H30O2. The molecule has 5 aliphatic rings. The molecule has 0 N–H and O–H groups in total. The molecular weight excluding hydrogens is 272 g/mol. The van der Waals surface area contributed by atoms with Crippen molar-refractivity contribution in [3.05, 3.63) is 11.6 Å². The fraction of sp³-hybridized carbons (Fsp3) is 0.900. The zero-order valence-electron chi connectivity index (χ0n) is 13.8. The van der Waals surface area contributed by atoms with E-state index in [-0.39, 0.29) is 0 Å². The van der Waals surface area contributed by atoms with Crippen molar-refractivity contribution < 1.29 is 9.47 Å². The molecule has 22 heavy (non-hydrogen) atoms. The topological polar surface area (TPSA) is 18.5 Å². The first-order chi connectivity index (χ1) is 10.9. The Balaban J connectivity index is 1.46. The van der Waals surface area contributed by atoms with Gasteiger partial charge in [-0.1, -0.05) is 18.1 Å². The highest BCUT2D eigenvalue weighted by atomic mass is 16.5. The molecule has 1 saturated heterocycles. The lowest BCUT2D eigenvalue weighted by molar-refractivity contribution is -0.0891. The molecule has 6 atom stereocenters. The predicted octanol–water partition coefficient (Wildman–Crippen LogP) is 4.34. The highest BCUT2D eigenvalue weighted by molar-refractivity contribution is 5.19. The summed E-state index contributed by atoms with van der Waals surface area (Å²) in [4.78, 5) is 0. The highest BCUT2D eigenvalue weighted by Crippen LogP contribution is 2.62. The zero-order valence-corrected chi connectivity index (χ0v) is 13.8. The number of allylic oxidation sites excluding steroid dienone is 2. The van der Waals surface area contributed by atoms with Crippen LogP contribution in [0.1, 0.15) is 57.8 Å². The SMILES string of the molecule is C1=C2CCCC[C@@H]2[C@H]2CC[C@]34COCCOC3CC[C@H]4[C@@H]2C1. The minimum Gasteiger partial charge on any atom is -0.378 e. The predicted molar refractivity (Wildman–Crippen MR) is 86.6 cm³/mol. The average Bonchev–Trinajstić information content (AvgIpc) is 2.82. The Kier molecular flexibility index (Phi) is 3.41. The first kappa shape index (κ1) is 14.0. The summed E-state index contributed by atoms with van der Waals surface area (Å²) in [6, 6.07) is 0. The molecule has 0 aromatic heterocycles. The maximum Gasteiger partial charge on any atom is 0.0704 e. The molecule has 1 unspecified atom stereocenters. The van der Waals surface area contributed by atoms with Gasteiger partial charge in [0.15, 0.2) is 0 Å². The summed E-state index contributed by atoms with van der Waals surface area (Å²) < 4.78 is 12.2. The van der Waals surface area contributed by atoms with Gasteiger partial charge in [-0.3, -0.25) is 0 Å². The van der Waals surface area contributed by atoms with Crippen molar-refractivity contribution in [3.63, 3.8) is 0 Å². The molecule has 1 spiro atoms. The van der Waals surface area contributed by atoms with Gasteiger partial charge < -0.3 is 9.47 Å². The lowest BCUT2D eigenvalue weighted by Gasteiger charge is -2.53.